The number of nitrogens with zero attached hydrogens (tertiary/aromatic N) is 3. The number of methoxy groups -OCH3 is 1. The van der Waals surface area contributed by atoms with Gasteiger partial charge in [0.2, 0.25) is 11.0 Å². The third-order valence-corrected chi connectivity index (χ3v) is 6.93. The van der Waals surface area contributed by atoms with E-state index in [4.69, 9.17) is 9.47 Å². The van der Waals surface area contributed by atoms with Crippen LogP contribution in [0.4, 0.5) is 22.2 Å². The summed E-state index contributed by atoms with van der Waals surface area (Å²) in [5.41, 5.74) is 2.81. The first-order valence-corrected chi connectivity index (χ1v) is 12.0. The summed E-state index contributed by atoms with van der Waals surface area (Å²) >= 11 is 2.80. The number of thioether (sulfide) groups is 1. The lowest BCUT2D eigenvalue weighted by Crippen LogP contribution is -2.36. The maximum atomic E-state index is 12.6. The lowest BCUT2D eigenvalue weighted by atomic mass is 10.2. The van der Waals surface area contributed by atoms with Gasteiger partial charge in [0.15, 0.2) is 4.34 Å². The Labute approximate surface area is 195 Å². The Morgan fingerprint density at radius 3 is 2.47 bits per heavy atom. The predicted molar refractivity (Wildman–Crippen MR) is 130 cm³/mol. The average molecular weight is 472 g/mol. The van der Waals surface area contributed by atoms with Crippen molar-refractivity contribution in [3.63, 3.8) is 0 Å². The molecule has 2 N–H and O–H groups in total. The van der Waals surface area contributed by atoms with Gasteiger partial charge in [-0.15, -0.1) is 10.2 Å². The first kappa shape index (κ1) is 22.4. The van der Waals surface area contributed by atoms with Gasteiger partial charge in [-0.05, 0) is 55.5 Å². The van der Waals surface area contributed by atoms with Crippen molar-refractivity contribution in [2.45, 2.75) is 16.5 Å². The number of nitrogens with one attached hydrogen (secondary N) is 2. The fourth-order valence-electron chi connectivity index (χ4n) is 3.13. The monoisotopic (exact) mass is 471 g/mol. The molecular weight excluding hydrogens is 446 g/mol. The molecule has 2 heterocycles. The number of anilines is 4. The van der Waals surface area contributed by atoms with Crippen molar-refractivity contribution >= 4 is 51.2 Å². The molecule has 0 radical (unpaired) electrons. The Balaban J connectivity index is 1.28. The van der Waals surface area contributed by atoms with Crippen molar-refractivity contribution in [3.05, 3.63) is 48.5 Å². The molecule has 1 unspecified atom stereocenters. The summed E-state index contributed by atoms with van der Waals surface area (Å²) in [6, 6.07) is 15.5. The van der Waals surface area contributed by atoms with E-state index in [1.165, 1.54) is 23.1 Å². The zero-order valence-corrected chi connectivity index (χ0v) is 19.5. The Kier molecular flexibility index (Phi) is 7.46. The molecule has 3 aromatic rings. The van der Waals surface area contributed by atoms with Crippen LogP contribution in [-0.2, 0) is 9.53 Å². The first-order valence-electron chi connectivity index (χ1n) is 10.3. The van der Waals surface area contributed by atoms with Gasteiger partial charge in [0.05, 0.1) is 25.6 Å². The van der Waals surface area contributed by atoms with E-state index in [0.717, 1.165) is 53.5 Å². The maximum absolute atomic E-state index is 12.6. The molecule has 1 atom stereocenters. The second-order valence-corrected chi connectivity index (χ2v) is 9.69. The van der Waals surface area contributed by atoms with Gasteiger partial charge in [0.1, 0.15) is 5.75 Å². The van der Waals surface area contributed by atoms with Crippen LogP contribution in [0.25, 0.3) is 0 Å². The molecule has 1 aromatic heterocycles. The molecular formula is C22H25N5O3S2. The number of aromatic nitrogens is 2. The number of hydrogen-bond donors (Lipinski definition) is 2. The van der Waals surface area contributed by atoms with Crippen LogP contribution in [0.2, 0.25) is 0 Å². The highest BCUT2D eigenvalue weighted by atomic mass is 32.2. The highest BCUT2D eigenvalue weighted by Crippen LogP contribution is 2.31. The molecule has 1 aliphatic rings. The van der Waals surface area contributed by atoms with Crippen molar-refractivity contribution in [3.8, 4) is 5.75 Å². The Bertz CT molecular complexity index is 1020. The minimum atomic E-state index is -0.310. The lowest BCUT2D eigenvalue weighted by Gasteiger charge is -2.28. The number of morpholine rings is 1. The summed E-state index contributed by atoms with van der Waals surface area (Å²) < 4.78 is 11.3. The molecule has 1 aliphatic heterocycles. The SMILES string of the molecule is COc1ccc(Nc2nnc(SC(C)C(=O)Nc3ccc(N4CCOCC4)cc3)s2)cc1. The van der Waals surface area contributed by atoms with Crippen molar-refractivity contribution < 1.29 is 14.3 Å². The first-order chi connectivity index (χ1) is 15.6. The zero-order chi connectivity index (χ0) is 22.3. The third-order valence-electron chi connectivity index (χ3n) is 4.91. The average Bonchev–Trinajstić information content (AvgIpc) is 3.27. The van der Waals surface area contributed by atoms with Gasteiger partial charge >= 0.3 is 0 Å². The van der Waals surface area contributed by atoms with Gasteiger partial charge in [0, 0.05) is 30.2 Å². The molecule has 8 nitrogen and oxygen atoms in total. The van der Waals surface area contributed by atoms with Crippen LogP contribution in [0.5, 0.6) is 5.75 Å². The van der Waals surface area contributed by atoms with Crippen LogP contribution in [0.3, 0.4) is 0 Å². The van der Waals surface area contributed by atoms with E-state index in [2.05, 4.69) is 25.7 Å². The minimum Gasteiger partial charge on any atom is -0.497 e. The summed E-state index contributed by atoms with van der Waals surface area (Å²) in [6.07, 6.45) is 0. The molecule has 10 heteroatoms. The fraction of sp³-hybridized carbons (Fsp3) is 0.318. The van der Waals surface area contributed by atoms with Gasteiger partial charge in [-0.3, -0.25) is 4.79 Å². The third kappa shape index (κ3) is 5.90. The van der Waals surface area contributed by atoms with E-state index in [-0.39, 0.29) is 11.2 Å². The quantitative estimate of drug-likeness (QED) is 0.472. The molecule has 0 bridgehead atoms. The molecule has 0 saturated carbocycles. The van der Waals surface area contributed by atoms with Crippen LogP contribution < -0.4 is 20.3 Å². The summed E-state index contributed by atoms with van der Waals surface area (Å²) in [7, 11) is 1.63. The summed E-state index contributed by atoms with van der Waals surface area (Å²) in [5.74, 6) is 0.716. The number of rotatable bonds is 8. The van der Waals surface area contributed by atoms with E-state index in [1.54, 1.807) is 7.11 Å². The van der Waals surface area contributed by atoms with Gasteiger partial charge in [-0.25, -0.2) is 0 Å². The number of amides is 1. The normalized spacial score (nSPS) is 14.6. The van der Waals surface area contributed by atoms with Gasteiger partial charge in [0.25, 0.3) is 0 Å². The Morgan fingerprint density at radius 2 is 1.78 bits per heavy atom. The molecule has 1 amide bonds. The second kappa shape index (κ2) is 10.7. The zero-order valence-electron chi connectivity index (χ0n) is 17.9. The molecule has 0 aliphatic carbocycles. The number of ether oxygens (including phenoxy) is 2. The largest absolute Gasteiger partial charge is 0.497 e. The van der Waals surface area contributed by atoms with Crippen LogP contribution in [-0.4, -0.2) is 54.8 Å². The number of hydrogen-bond acceptors (Lipinski definition) is 9. The van der Waals surface area contributed by atoms with Crippen LogP contribution in [0.15, 0.2) is 52.9 Å². The number of carbonyl (C=O) groups excluding carboxylic acids is 1. The minimum absolute atomic E-state index is 0.0750. The van der Waals surface area contributed by atoms with Crippen molar-refractivity contribution in [1.82, 2.24) is 10.2 Å². The van der Waals surface area contributed by atoms with E-state index in [0.29, 0.717) is 5.13 Å². The molecule has 4 rings (SSSR count). The molecule has 32 heavy (non-hydrogen) atoms. The van der Waals surface area contributed by atoms with Crippen molar-refractivity contribution in [2.75, 3.05) is 48.9 Å². The molecule has 0 spiro atoms. The van der Waals surface area contributed by atoms with Crippen molar-refractivity contribution in [1.29, 1.82) is 0 Å². The van der Waals surface area contributed by atoms with E-state index >= 15 is 0 Å². The molecule has 1 fully saturated rings. The Morgan fingerprint density at radius 1 is 1.09 bits per heavy atom. The van der Waals surface area contributed by atoms with Gasteiger partial charge in [-0.2, -0.15) is 0 Å². The molecule has 1 saturated heterocycles. The fourth-order valence-corrected chi connectivity index (χ4v) is 5.05. The van der Waals surface area contributed by atoms with Crippen molar-refractivity contribution in [2.24, 2.45) is 0 Å². The van der Waals surface area contributed by atoms with Crippen LogP contribution >= 0.6 is 23.1 Å². The van der Waals surface area contributed by atoms with Crippen LogP contribution in [0.1, 0.15) is 6.92 Å². The predicted octanol–water partition coefficient (Wildman–Crippen LogP) is 4.25. The van der Waals surface area contributed by atoms with Gasteiger partial charge in [-0.1, -0.05) is 23.1 Å². The summed E-state index contributed by atoms with van der Waals surface area (Å²) in [4.78, 5) is 14.9. The second-order valence-electron chi connectivity index (χ2n) is 7.12. The molecule has 168 valence electrons. The topological polar surface area (TPSA) is 88.6 Å². The Hall–Kier alpha value is -2.82. The summed E-state index contributed by atoms with van der Waals surface area (Å²) in [6.45, 7) is 5.12. The lowest BCUT2D eigenvalue weighted by molar-refractivity contribution is -0.115. The maximum Gasteiger partial charge on any atom is 0.237 e. The number of carbonyl (C=O) groups is 1. The highest BCUT2D eigenvalue weighted by molar-refractivity contribution is 8.02. The smallest absolute Gasteiger partial charge is 0.237 e. The van der Waals surface area contributed by atoms with E-state index in [9.17, 15) is 4.79 Å². The number of benzene rings is 2. The van der Waals surface area contributed by atoms with Crippen LogP contribution in [0, 0.1) is 0 Å². The van der Waals surface area contributed by atoms with E-state index in [1.807, 2.05) is 55.5 Å². The standard InChI is InChI=1S/C22H25N5O3S2/c1-15(20(28)23-16-3-7-18(8-4-16)27-11-13-30-14-12-27)31-22-26-25-21(32-22)24-17-5-9-19(29-2)10-6-17/h3-10,15H,11-14H2,1-2H3,(H,23,28)(H,24,25). The van der Waals surface area contributed by atoms with E-state index < -0.39 is 0 Å². The highest BCUT2D eigenvalue weighted by Gasteiger charge is 2.18. The summed E-state index contributed by atoms with van der Waals surface area (Å²) in [5, 5.41) is 14.9. The molecule has 2 aromatic carbocycles. The van der Waals surface area contributed by atoms with Gasteiger partial charge < -0.3 is 25.0 Å².